The normalized spacial score (nSPS) is 18.1. The van der Waals surface area contributed by atoms with E-state index in [1.54, 1.807) is 12.0 Å². The molecule has 8 nitrogen and oxygen atoms in total. The van der Waals surface area contributed by atoms with Crippen LogP contribution in [0.2, 0.25) is 0 Å². The Morgan fingerprint density at radius 1 is 1.16 bits per heavy atom. The third-order valence-corrected chi connectivity index (χ3v) is 5.42. The van der Waals surface area contributed by atoms with Crippen LogP contribution in [0.4, 0.5) is 11.4 Å². The predicted molar refractivity (Wildman–Crippen MR) is 117 cm³/mol. The smallest absolute Gasteiger partial charge is 0.265 e. The van der Waals surface area contributed by atoms with E-state index in [-0.39, 0.29) is 18.4 Å². The quantitative estimate of drug-likeness (QED) is 0.790. The molecule has 164 valence electrons. The zero-order valence-corrected chi connectivity index (χ0v) is 17.8. The summed E-state index contributed by atoms with van der Waals surface area (Å²) in [5.41, 5.74) is 2.43. The molecule has 1 N–H and O–H groups in total. The van der Waals surface area contributed by atoms with Crippen LogP contribution < -0.4 is 19.7 Å². The van der Waals surface area contributed by atoms with E-state index in [0.29, 0.717) is 50.0 Å². The van der Waals surface area contributed by atoms with Crippen molar-refractivity contribution in [3.8, 4) is 11.5 Å². The number of amides is 2. The summed E-state index contributed by atoms with van der Waals surface area (Å²) >= 11 is 0. The largest absolute Gasteiger partial charge is 0.495 e. The fourth-order valence-corrected chi connectivity index (χ4v) is 3.86. The molecule has 0 radical (unpaired) electrons. The summed E-state index contributed by atoms with van der Waals surface area (Å²) in [5.74, 6) is 0.921. The van der Waals surface area contributed by atoms with E-state index >= 15 is 0 Å². The van der Waals surface area contributed by atoms with Crippen LogP contribution >= 0.6 is 0 Å². The average Bonchev–Trinajstić information content (AvgIpc) is 2.79. The fraction of sp³-hybridized carbons (Fsp3) is 0.391. The molecule has 0 spiro atoms. The minimum atomic E-state index is -0.672. The first-order chi connectivity index (χ1) is 15.0. The van der Waals surface area contributed by atoms with Gasteiger partial charge in [0, 0.05) is 13.1 Å². The summed E-state index contributed by atoms with van der Waals surface area (Å²) in [5, 5.41) is 2.93. The number of methoxy groups -OCH3 is 1. The van der Waals surface area contributed by atoms with Crippen LogP contribution in [0, 0.1) is 6.92 Å². The van der Waals surface area contributed by atoms with E-state index in [2.05, 4.69) is 5.32 Å². The van der Waals surface area contributed by atoms with Gasteiger partial charge in [-0.15, -0.1) is 0 Å². The SMILES string of the molecule is COc1ccc(C)cc1NC(=O)CN1C[C@@H](C(=O)N2CCOCC2)Oc2ccccc21. The number of hydrogen-bond donors (Lipinski definition) is 1. The van der Waals surface area contributed by atoms with Gasteiger partial charge in [-0.3, -0.25) is 9.59 Å². The lowest BCUT2D eigenvalue weighted by Gasteiger charge is -2.38. The minimum Gasteiger partial charge on any atom is -0.495 e. The maximum absolute atomic E-state index is 13.0. The molecule has 31 heavy (non-hydrogen) atoms. The molecule has 8 heteroatoms. The van der Waals surface area contributed by atoms with Crippen LogP contribution in [0.1, 0.15) is 5.56 Å². The zero-order chi connectivity index (χ0) is 21.8. The molecule has 2 amide bonds. The Balaban J connectivity index is 1.50. The van der Waals surface area contributed by atoms with E-state index in [9.17, 15) is 9.59 Å². The maximum Gasteiger partial charge on any atom is 0.265 e. The van der Waals surface area contributed by atoms with Crippen LogP contribution in [0.15, 0.2) is 42.5 Å². The predicted octanol–water partition coefficient (Wildman–Crippen LogP) is 2.07. The number of morpholine rings is 1. The first-order valence-electron chi connectivity index (χ1n) is 10.4. The summed E-state index contributed by atoms with van der Waals surface area (Å²) in [4.78, 5) is 29.5. The van der Waals surface area contributed by atoms with Gasteiger partial charge in [-0.1, -0.05) is 18.2 Å². The van der Waals surface area contributed by atoms with Crippen LogP contribution in [0.3, 0.4) is 0 Å². The van der Waals surface area contributed by atoms with Crippen molar-refractivity contribution in [2.75, 3.05) is 56.7 Å². The second-order valence-corrected chi connectivity index (χ2v) is 7.64. The molecule has 2 heterocycles. The average molecular weight is 425 g/mol. The molecule has 2 aromatic carbocycles. The third-order valence-electron chi connectivity index (χ3n) is 5.42. The summed E-state index contributed by atoms with van der Waals surface area (Å²) in [6, 6.07) is 13.1. The van der Waals surface area contributed by atoms with Crippen molar-refractivity contribution in [1.82, 2.24) is 4.90 Å². The number of carbonyl (C=O) groups excluding carboxylic acids is 2. The van der Waals surface area contributed by atoms with Crippen molar-refractivity contribution in [1.29, 1.82) is 0 Å². The van der Waals surface area contributed by atoms with Crippen LogP contribution in [-0.2, 0) is 14.3 Å². The number of aryl methyl sites for hydroxylation is 1. The second-order valence-electron chi connectivity index (χ2n) is 7.64. The molecule has 4 rings (SSSR count). The highest BCUT2D eigenvalue weighted by molar-refractivity contribution is 5.96. The highest BCUT2D eigenvalue weighted by Gasteiger charge is 2.34. The van der Waals surface area contributed by atoms with E-state index in [4.69, 9.17) is 14.2 Å². The number of rotatable bonds is 5. The summed E-state index contributed by atoms with van der Waals surface area (Å²) < 4.78 is 16.7. The zero-order valence-electron chi connectivity index (χ0n) is 17.8. The van der Waals surface area contributed by atoms with Gasteiger partial charge in [-0.05, 0) is 36.8 Å². The molecule has 2 aromatic rings. The lowest BCUT2D eigenvalue weighted by Crippen LogP contribution is -2.53. The number of ether oxygens (including phenoxy) is 3. The van der Waals surface area contributed by atoms with Gasteiger partial charge in [0.1, 0.15) is 11.5 Å². The maximum atomic E-state index is 13.0. The monoisotopic (exact) mass is 425 g/mol. The molecule has 0 saturated carbocycles. The van der Waals surface area contributed by atoms with Crippen LogP contribution in [0.25, 0.3) is 0 Å². The number of fused-ring (bicyclic) bond motifs is 1. The van der Waals surface area contributed by atoms with Crippen LogP contribution in [0.5, 0.6) is 11.5 Å². The lowest BCUT2D eigenvalue weighted by atomic mass is 10.1. The number of nitrogens with one attached hydrogen (secondary N) is 1. The standard InChI is InChI=1S/C23H27N3O5/c1-16-7-8-19(29-2)17(13-16)24-22(27)15-26-14-21(23(28)25-9-11-30-12-10-25)31-20-6-4-3-5-18(20)26/h3-8,13,21H,9-12,14-15H2,1-2H3,(H,24,27)/t21-/m0/s1. The Labute approximate surface area is 181 Å². The van der Waals surface area contributed by atoms with E-state index in [0.717, 1.165) is 11.3 Å². The molecule has 0 unspecified atom stereocenters. The van der Waals surface area contributed by atoms with Gasteiger partial charge in [0.15, 0.2) is 6.10 Å². The topological polar surface area (TPSA) is 80.3 Å². The Bertz CT molecular complexity index is 958. The molecule has 0 aliphatic carbocycles. The van der Waals surface area contributed by atoms with Crippen molar-refractivity contribution in [2.45, 2.75) is 13.0 Å². The first-order valence-corrected chi connectivity index (χ1v) is 10.4. The number of para-hydroxylation sites is 2. The number of carbonyl (C=O) groups is 2. The Morgan fingerprint density at radius 3 is 2.71 bits per heavy atom. The van der Waals surface area contributed by atoms with Crippen molar-refractivity contribution in [2.24, 2.45) is 0 Å². The van der Waals surface area contributed by atoms with E-state index < -0.39 is 6.10 Å². The Morgan fingerprint density at radius 2 is 1.94 bits per heavy atom. The Hall–Kier alpha value is -3.26. The van der Waals surface area contributed by atoms with E-state index in [1.807, 2.05) is 54.3 Å². The molecule has 1 atom stereocenters. The van der Waals surface area contributed by atoms with Crippen molar-refractivity contribution < 1.29 is 23.8 Å². The molecular formula is C23H27N3O5. The summed E-state index contributed by atoms with van der Waals surface area (Å²) in [6.45, 7) is 4.49. The number of benzene rings is 2. The molecule has 2 aliphatic rings. The van der Waals surface area contributed by atoms with Gasteiger partial charge >= 0.3 is 0 Å². The summed E-state index contributed by atoms with van der Waals surface area (Å²) in [6.07, 6.45) is -0.672. The van der Waals surface area contributed by atoms with Gasteiger partial charge in [-0.2, -0.15) is 0 Å². The van der Waals surface area contributed by atoms with Gasteiger partial charge in [0.25, 0.3) is 5.91 Å². The number of anilines is 2. The molecule has 1 fully saturated rings. The minimum absolute atomic E-state index is 0.0800. The third kappa shape index (κ3) is 4.74. The van der Waals surface area contributed by atoms with E-state index in [1.165, 1.54) is 0 Å². The highest BCUT2D eigenvalue weighted by atomic mass is 16.5. The highest BCUT2D eigenvalue weighted by Crippen LogP contribution is 2.33. The molecule has 0 aromatic heterocycles. The van der Waals surface area contributed by atoms with Gasteiger partial charge in [0.05, 0.1) is 44.8 Å². The van der Waals surface area contributed by atoms with Gasteiger partial charge < -0.3 is 29.3 Å². The van der Waals surface area contributed by atoms with Crippen LogP contribution in [-0.4, -0.2) is 69.3 Å². The van der Waals surface area contributed by atoms with Crippen molar-refractivity contribution >= 4 is 23.2 Å². The molecular weight excluding hydrogens is 398 g/mol. The molecule has 1 saturated heterocycles. The Kier molecular flexibility index (Phi) is 6.27. The lowest BCUT2D eigenvalue weighted by molar-refractivity contribution is -0.142. The van der Waals surface area contributed by atoms with Crippen molar-refractivity contribution in [3.63, 3.8) is 0 Å². The summed E-state index contributed by atoms with van der Waals surface area (Å²) in [7, 11) is 1.57. The number of nitrogens with zero attached hydrogens (tertiary/aromatic N) is 2. The first kappa shape index (κ1) is 21.0. The number of hydrogen-bond acceptors (Lipinski definition) is 6. The second kappa shape index (κ2) is 9.26. The van der Waals surface area contributed by atoms with Gasteiger partial charge in [-0.25, -0.2) is 0 Å². The van der Waals surface area contributed by atoms with Gasteiger partial charge in [0.2, 0.25) is 5.91 Å². The molecule has 2 aliphatic heterocycles. The fourth-order valence-electron chi connectivity index (χ4n) is 3.86. The van der Waals surface area contributed by atoms with Crippen molar-refractivity contribution in [3.05, 3.63) is 48.0 Å². The molecule has 0 bridgehead atoms.